The summed E-state index contributed by atoms with van der Waals surface area (Å²) in [5, 5.41) is 14.6. The minimum Gasteiger partial charge on any atom is -0.493 e. The molecule has 1 atom stereocenters. The largest absolute Gasteiger partial charge is 0.493 e. The number of hydrogen-bond donors (Lipinski definition) is 2. The van der Waals surface area contributed by atoms with Gasteiger partial charge in [0.05, 0.1) is 13.7 Å². The molecule has 0 spiro atoms. The van der Waals surface area contributed by atoms with Crippen LogP contribution >= 0.6 is 24.0 Å². The zero-order valence-corrected chi connectivity index (χ0v) is 18.6. The number of methoxy groups -OCH3 is 1. The van der Waals surface area contributed by atoms with Gasteiger partial charge in [0.2, 0.25) is 0 Å². The molecular weight excluding hydrogens is 459 g/mol. The smallest absolute Gasteiger partial charge is 0.191 e. The summed E-state index contributed by atoms with van der Waals surface area (Å²) in [4.78, 5) is 4.24. The number of guanidine groups is 1. The number of hydrogen-bond acceptors (Lipinski definition) is 5. The highest BCUT2D eigenvalue weighted by Gasteiger charge is 2.09. The normalized spacial score (nSPS) is 12.1. The molecule has 1 aromatic carbocycles. The third-order valence-corrected chi connectivity index (χ3v) is 3.83. The van der Waals surface area contributed by atoms with E-state index >= 15 is 0 Å². The Bertz CT molecular complexity index is 707. The van der Waals surface area contributed by atoms with E-state index in [2.05, 4.69) is 32.7 Å². The van der Waals surface area contributed by atoms with Crippen molar-refractivity contribution in [3.8, 4) is 11.5 Å². The van der Waals surface area contributed by atoms with Crippen molar-refractivity contribution < 1.29 is 9.47 Å². The van der Waals surface area contributed by atoms with Gasteiger partial charge in [-0.1, -0.05) is 19.1 Å². The molecule has 0 amide bonds. The van der Waals surface area contributed by atoms with Crippen LogP contribution in [0.4, 0.5) is 0 Å². The minimum absolute atomic E-state index is 0. The van der Waals surface area contributed by atoms with Crippen LogP contribution in [-0.4, -0.2) is 54.1 Å². The quantitative estimate of drug-likeness (QED) is 0.320. The number of nitrogens with one attached hydrogen (secondary N) is 2. The number of aryl methyl sites for hydroxylation is 1. The molecule has 2 rings (SSSR count). The summed E-state index contributed by atoms with van der Waals surface area (Å²) in [5.41, 5.74) is 0. The lowest BCUT2D eigenvalue weighted by Gasteiger charge is -2.19. The molecule has 9 heteroatoms. The molecule has 0 saturated carbocycles. The van der Waals surface area contributed by atoms with Gasteiger partial charge >= 0.3 is 0 Å². The van der Waals surface area contributed by atoms with E-state index in [1.807, 2.05) is 35.8 Å². The fourth-order valence-corrected chi connectivity index (χ4v) is 2.47. The minimum atomic E-state index is -0.0469. The van der Waals surface area contributed by atoms with E-state index in [0.717, 1.165) is 42.8 Å². The zero-order chi connectivity index (χ0) is 18.8. The van der Waals surface area contributed by atoms with Crippen LogP contribution in [0.2, 0.25) is 0 Å². The Balaban J connectivity index is 0.00000364. The molecule has 0 fully saturated rings. The van der Waals surface area contributed by atoms with Crippen molar-refractivity contribution in [3.05, 3.63) is 36.4 Å². The summed E-state index contributed by atoms with van der Waals surface area (Å²) < 4.78 is 13.3. The molecule has 0 bridgehead atoms. The molecule has 27 heavy (non-hydrogen) atoms. The third kappa shape index (κ3) is 7.24. The van der Waals surface area contributed by atoms with Crippen molar-refractivity contribution in [2.45, 2.75) is 32.9 Å². The van der Waals surface area contributed by atoms with Gasteiger partial charge in [-0.2, -0.15) is 0 Å². The van der Waals surface area contributed by atoms with Gasteiger partial charge in [-0.05, 0) is 19.1 Å². The van der Waals surface area contributed by atoms with Crippen LogP contribution in [0.15, 0.2) is 35.6 Å². The molecule has 0 radical (unpaired) electrons. The summed E-state index contributed by atoms with van der Waals surface area (Å²) in [6.45, 7) is 6.19. The Morgan fingerprint density at radius 2 is 2.00 bits per heavy atom. The Morgan fingerprint density at radius 3 is 2.67 bits per heavy atom. The van der Waals surface area contributed by atoms with Crippen LogP contribution in [0.1, 0.15) is 19.7 Å². The number of nitrogens with zero attached hydrogens (tertiary/aromatic N) is 4. The molecule has 2 N–H and O–H groups in total. The van der Waals surface area contributed by atoms with E-state index in [9.17, 15) is 0 Å². The molecule has 0 aliphatic heterocycles. The van der Waals surface area contributed by atoms with Gasteiger partial charge in [0.15, 0.2) is 17.5 Å². The highest BCUT2D eigenvalue weighted by atomic mass is 127. The first-order valence-electron chi connectivity index (χ1n) is 8.78. The van der Waals surface area contributed by atoms with Crippen LogP contribution in [-0.2, 0) is 13.0 Å². The van der Waals surface area contributed by atoms with Crippen molar-refractivity contribution in [2.24, 2.45) is 4.99 Å². The maximum Gasteiger partial charge on any atom is 0.191 e. The Labute approximate surface area is 177 Å². The number of ether oxygens (including phenoxy) is 2. The number of aliphatic imine (C=N–C) groups is 1. The fourth-order valence-electron chi connectivity index (χ4n) is 2.47. The van der Waals surface area contributed by atoms with Gasteiger partial charge in [0.25, 0.3) is 0 Å². The number of halogens is 1. The van der Waals surface area contributed by atoms with E-state index in [-0.39, 0.29) is 30.1 Å². The van der Waals surface area contributed by atoms with E-state index in [0.29, 0.717) is 6.54 Å². The Kier molecular flexibility index (Phi) is 10.5. The molecule has 2 aromatic rings. The number of rotatable bonds is 9. The summed E-state index contributed by atoms with van der Waals surface area (Å²) in [6, 6.07) is 7.62. The maximum absolute atomic E-state index is 5.93. The number of para-hydroxylation sites is 2. The molecule has 0 saturated heterocycles. The Morgan fingerprint density at radius 1 is 1.26 bits per heavy atom. The van der Waals surface area contributed by atoms with Crippen molar-refractivity contribution >= 4 is 29.9 Å². The van der Waals surface area contributed by atoms with Crippen molar-refractivity contribution in [3.63, 3.8) is 0 Å². The van der Waals surface area contributed by atoms with Gasteiger partial charge in [-0.3, -0.25) is 4.99 Å². The second kappa shape index (κ2) is 12.4. The second-order valence-corrected chi connectivity index (χ2v) is 5.75. The third-order valence-electron chi connectivity index (χ3n) is 3.83. The van der Waals surface area contributed by atoms with Gasteiger partial charge < -0.3 is 24.7 Å². The molecule has 0 aliphatic rings. The van der Waals surface area contributed by atoms with E-state index < -0.39 is 0 Å². The van der Waals surface area contributed by atoms with Gasteiger partial charge in [-0.15, -0.1) is 34.2 Å². The lowest BCUT2D eigenvalue weighted by molar-refractivity contribution is 0.213. The summed E-state index contributed by atoms with van der Waals surface area (Å²) >= 11 is 0. The Hall–Kier alpha value is -2.04. The zero-order valence-electron chi connectivity index (χ0n) is 16.3. The first kappa shape index (κ1) is 23.0. The maximum atomic E-state index is 5.93. The van der Waals surface area contributed by atoms with Crippen LogP contribution in [0, 0.1) is 0 Å². The first-order valence-corrected chi connectivity index (χ1v) is 8.78. The highest BCUT2D eigenvalue weighted by Crippen LogP contribution is 2.26. The SMILES string of the molecule is CCc1nncn1CCNC(=NC)NCC(C)Oc1ccccc1OC.I. The van der Waals surface area contributed by atoms with E-state index in [4.69, 9.17) is 9.47 Å². The number of benzene rings is 1. The molecule has 1 aromatic heterocycles. The van der Waals surface area contributed by atoms with Crippen LogP contribution in [0.3, 0.4) is 0 Å². The van der Waals surface area contributed by atoms with Crippen LogP contribution < -0.4 is 20.1 Å². The molecule has 1 unspecified atom stereocenters. The van der Waals surface area contributed by atoms with Crippen molar-refractivity contribution in [2.75, 3.05) is 27.2 Å². The predicted octanol–water partition coefficient (Wildman–Crippen LogP) is 2.10. The summed E-state index contributed by atoms with van der Waals surface area (Å²) in [6.07, 6.45) is 2.57. The number of aromatic nitrogens is 3. The molecule has 0 aliphatic carbocycles. The van der Waals surface area contributed by atoms with Crippen molar-refractivity contribution in [1.82, 2.24) is 25.4 Å². The summed E-state index contributed by atoms with van der Waals surface area (Å²) in [7, 11) is 3.38. The molecular formula is C18H29IN6O2. The first-order chi connectivity index (χ1) is 12.7. The molecule has 150 valence electrons. The van der Waals surface area contributed by atoms with Gasteiger partial charge in [-0.25, -0.2) is 0 Å². The van der Waals surface area contributed by atoms with Crippen LogP contribution in [0.5, 0.6) is 11.5 Å². The molecule has 1 heterocycles. The second-order valence-electron chi connectivity index (χ2n) is 5.75. The lowest BCUT2D eigenvalue weighted by atomic mass is 10.3. The highest BCUT2D eigenvalue weighted by molar-refractivity contribution is 14.0. The average Bonchev–Trinajstić information content (AvgIpc) is 3.12. The van der Waals surface area contributed by atoms with Crippen LogP contribution in [0.25, 0.3) is 0 Å². The lowest BCUT2D eigenvalue weighted by Crippen LogP contribution is -2.42. The molecule has 8 nitrogen and oxygen atoms in total. The predicted molar refractivity (Wildman–Crippen MR) is 117 cm³/mol. The monoisotopic (exact) mass is 488 g/mol. The van der Waals surface area contributed by atoms with E-state index in [1.54, 1.807) is 20.5 Å². The van der Waals surface area contributed by atoms with Crippen molar-refractivity contribution in [1.29, 1.82) is 0 Å². The standard InChI is InChI=1S/C18H28N6O2.HI/c1-5-17-23-22-13-24(17)11-10-20-18(19-3)21-12-14(2)26-16-9-7-6-8-15(16)25-4;/h6-9,13-14H,5,10-12H2,1-4H3,(H2,19,20,21);1H. The average molecular weight is 488 g/mol. The van der Waals surface area contributed by atoms with Gasteiger partial charge in [0.1, 0.15) is 18.3 Å². The van der Waals surface area contributed by atoms with Gasteiger partial charge in [0, 0.05) is 26.6 Å². The topological polar surface area (TPSA) is 85.6 Å². The van der Waals surface area contributed by atoms with E-state index in [1.165, 1.54) is 0 Å². The fraction of sp³-hybridized carbons (Fsp3) is 0.500. The summed E-state index contributed by atoms with van der Waals surface area (Å²) in [5.74, 6) is 3.16.